The summed E-state index contributed by atoms with van der Waals surface area (Å²) in [7, 11) is 0. The molecule has 0 spiro atoms. The van der Waals surface area contributed by atoms with E-state index in [9.17, 15) is 36.9 Å². The second-order valence-electron chi connectivity index (χ2n) is 6.48. The predicted octanol–water partition coefficient (Wildman–Crippen LogP) is 4.51. The third-order valence-corrected chi connectivity index (χ3v) is 4.96. The first kappa shape index (κ1) is 21.8. The molecule has 1 saturated heterocycles. The molecular formula is C18H13ClF5N3O3. The van der Waals surface area contributed by atoms with Gasteiger partial charge in [-0.15, -0.1) is 0 Å². The maximum absolute atomic E-state index is 13.4. The normalized spacial score (nSPS) is 14.7. The number of carbonyl (C=O) groups excluding carboxylic acids is 1. The van der Waals surface area contributed by atoms with Crippen LogP contribution in [0.5, 0.6) is 0 Å². The number of halogens is 6. The minimum Gasteiger partial charge on any atom is -0.367 e. The van der Waals surface area contributed by atoms with E-state index >= 15 is 0 Å². The van der Waals surface area contributed by atoms with Gasteiger partial charge in [0.25, 0.3) is 11.6 Å². The Hall–Kier alpha value is -2.95. The summed E-state index contributed by atoms with van der Waals surface area (Å²) < 4.78 is 66.8. The number of rotatable bonds is 3. The zero-order chi connectivity index (χ0) is 22.2. The van der Waals surface area contributed by atoms with Crippen LogP contribution in [0, 0.1) is 21.7 Å². The van der Waals surface area contributed by atoms with Crippen LogP contribution in [0.4, 0.5) is 33.3 Å². The van der Waals surface area contributed by atoms with Gasteiger partial charge in [0.15, 0.2) is 11.6 Å². The van der Waals surface area contributed by atoms with E-state index in [0.29, 0.717) is 18.2 Å². The highest BCUT2D eigenvalue weighted by Crippen LogP contribution is 2.39. The van der Waals surface area contributed by atoms with E-state index in [1.54, 1.807) is 0 Å². The van der Waals surface area contributed by atoms with Crippen LogP contribution in [0.2, 0.25) is 5.02 Å². The fourth-order valence-electron chi connectivity index (χ4n) is 3.15. The van der Waals surface area contributed by atoms with Gasteiger partial charge in [0.05, 0.1) is 21.1 Å². The molecule has 1 amide bonds. The molecule has 0 atom stereocenters. The van der Waals surface area contributed by atoms with Crippen molar-refractivity contribution in [1.82, 2.24) is 4.90 Å². The van der Waals surface area contributed by atoms with Crippen molar-refractivity contribution >= 4 is 28.9 Å². The van der Waals surface area contributed by atoms with Crippen LogP contribution in [0.3, 0.4) is 0 Å². The Labute approximate surface area is 171 Å². The summed E-state index contributed by atoms with van der Waals surface area (Å²) in [5.41, 5.74) is -2.34. The standard InChI is InChI=1S/C18H13ClF5N3O3/c19-13-9-15(21)14(20)8-11(13)17(28)26-5-3-25(4-6-26)16-2-1-10(27(29)30)7-12(16)18(22,23)24/h1-2,7-9H,3-6H2. The van der Waals surface area contributed by atoms with Crippen LogP contribution >= 0.6 is 11.6 Å². The van der Waals surface area contributed by atoms with Crippen molar-refractivity contribution in [2.45, 2.75) is 6.18 Å². The van der Waals surface area contributed by atoms with Gasteiger partial charge in [-0.05, 0) is 18.2 Å². The zero-order valence-corrected chi connectivity index (χ0v) is 15.8. The van der Waals surface area contributed by atoms with Gasteiger partial charge in [-0.1, -0.05) is 11.6 Å². The molecule has 0 bridgehead atoms. The summed E-state index contributed by atoms with van der Waals surface area (Å²) in [6, 6.07) is 3.80. The molecule has 0 aliphatic carbocycles. The van der Waals surface area contributed by atoms with Gasteiger partial charge in [-0.3, -0.25) is 14.9 Å². The average molecular weight is 450 g/mol. The first-order valence-electron chi connectivity index (χ1n) is 8.53. The van der Waals surface area contributed by atoms with Crippen LogP contribution in [0.25, 0.3) is 0 Å². The Kier molecular flexibility index (Phi) is 5.84. The average Bonchev–Trinajstić information content (AvgIpc) is 2.69. The molecule has 1 aliphatic rings. The molecule has 0 radical (unpaired) electrons. The number of nitro groups is 1. The van der Waals surface area contributed by atoms with Gasteiger partial charge >= 0.3 is 6.18 Å². The number of hydrogen-bond acceptors (Lipinski definition) is 4. The summed E-state index contributed by atoms with van der Waals surface area (Å²) in [4.78, 5) is 25.1. The number of carbonyl (C=O) groups is 1. The molecule has 1 aliphatic heterocycles. The lowest BCUT2D eigenvalue weighted by molar-refractivity contribution is -0.385. The molecule has 0 saturated carbocycles. The molecule has 160 valence electrons. The Morgan fingerprint density at radius 1 is 1.03 bits per heavy atom. The highest BCUT2D eigenvalue weighted by molar-refractivity contribution is 6.33. The quantitative estimate of drug-likeness (QED) is 0.299. The van der Waals surface area contributed by atoms with Gasteiger partial charge in [0, 0.05) is 44.0 Å². The number of benzene rings is 2. The number of alkyl halides is 3. The van der Waals surface area contributed by atoms with Crippen molar-refractivity contribution < 1.29 is 31.7 Å². The lowest BCUT2D eigenvalue weighted by Crippen LogP contribution is -2.49. The third kappa shape index (κ3) is 4.30. The lowest BCUT2D eigenvalue weighted by atomic mass is 10.1. The molecule has 3 rings (SSSR count). The minimum atomic E-state index is -4.81. The van der Waals surface area contributed by atoms with E-state index in [1.807, 2.05) is 0 Å². The largest absolute Gasteiger partial charge is 0.418 e. The Morgan fingerprint density at radius 3 is 2.20 bits per heavy atom. The van der Waals surface area contributed by atoms with Gasteiger partial charge in [0.2, 0.25) is 0 Å². The topological polar surface area (TPSA) is 66.7 Å². The van der Waals surface area contributed by atoms with Crippen molar-refractivity contribution in [1.29, 1.82) is 0 Å². The van der Waals surface area contributed by atoms with Crippen molar-refractivity contribution in [3.8, 4) is 0 Å². The zero-order valence-electron chi connectivity index (χ0n) is 15.0. The molecule has 2 aromatic carbocycles. The summed E-state index contributed by atoms with van der Waals surface area (Å²) in [6.07, 6.45) is -4.81. The van der Waals surface area contributed by atoms with Gasteiger partial charge in [0.1, 0.15) is 0 Å². The number of non-ortho nitro benzene ring substituents is 1. The van der Waals surface area contributed by atoms with E-state index in [-0.39, 0.29) is 42.5 Å². The maximum atomic E-state index is 13.4. The molecule has 0 N–H and O–H groups in total. The van der Waals surface area contributed by atoms with Crippen molar-refractivity contribution in [2.75, 3.05) is 31.1 Å². The van der Waals surface area contributed by atoms with E-state index in [1.165, 1.54) is 9.80 Å². The summed E-state index contributed by atoms with van der Waals surface area (Å²) in [5.74, 6) is -3.14. The SMILES string of the molecule is O=C(c1cc(F)c(F)cc1Cl)N1CCN(c2ccc([N+](=O)[O-])cc2C(F)(F)F)CC1. The van der Waals surface area contributed by atoms with Gasteiger partial charge in [-0.25, -0.2) is 8.78 Å². The van der Waals surface area contributed by atoms with E-state index in [0.717, 1.165) is 12.1 Å². The smallest absolute Gasteiger partial charge is 0.367 e. The van der Waals surface area contributed by atoms with E-state index in [2.05, 4.69) is 0 Å². The Bertz CT molecular complexity index is 1010. The number of hydrogen-bond donors (Lipinski definition) is 0. The first-order chi connectivity index (χ1) is 14.0. The highest BCUT2D eigenvalue weighted by atomic mass is 35.5. The minimum absolute atomic E-state index is 0.00602. The molecule has 0 unspecified atom stereocenters. The van der Waals surface area contributed by atoms with Crippen molar-refractivity contribution in [3.05, 3.63) is 68.2 Å². The molecule has 30 heavy (non-hydrogen) atoms. The van der Waals surface area contributed by atoms with Crippen LogP contribution in [-0.4, -0.2) is 41.9 Å². The number of amides is 1. The molecule has 6 nitrogen and oxygen atoms in total. The maximum Gasteiger partial charge on any atom is 0.418 e. The summed E-state index contributed by atoms with van der Waals surface area (Å²) >= 11 is 5.81. The number of anilines is 1. The molecule has 2 aromatic rings. The van der Waals surface area contributed by atoms with Crippen LogP contribution in [0.1, 0.15) is 15.9 Å². The van der Waals surface area contributed by atoms with E-state index < -0.39 is 39.9 Å². The highest BCUT2D eigenvalue weighted by Gasteiger charge is 2.37. The third-order valence-electron chi connectivity index (χ3n) is 4.64. The van der Waals surface area contributed by atoms with Crippen LogP contribution in [0.15, 0.2) is 30.3 Å². The summed E-state index contributed by atoms with van der Waals surface area (Å²) in [5, 5.41) is 10.5. The monoisotopic (exact) mass is 449 g/mol. The second kappa shape index (κ2) is 8.05. The first-order valence-corrected chi connectivity index (χ1v) is 8.91. The molecule has 0 aromatic heterocycles. The fourth-order valence-corrected chi connectivity index (χ4v) is 3.38. The summed E-state index contributed by atoms with van der Waals surface area (Å²) in [6.45, 7) is -0.0350. The van der Waals surface area contributed by atoms with Gasteiger partial charge in [-0.2, -0.15) is 13.2 Å². The molecule has 12 heteroatoms. The molecule has 1 heterocycles. The van der Waals surface area contributed by atoms with Crippen LogP contribution < -0.4 is 4.90 Å². The second-order valence-corrected chi connectivity index (χ2v) is 6.89. The predicted molar refractivity (Wildman–Crippen MR) is 97.6 cm³/mol. The Morgan fingerprint density at radius 2 is 1.63 bits per heavy atom. The van der Waals surface area contributed by atoms with Crippen molar-refractivity contribution in [2.24, 2.45) is 0 Å². The Balaban J connectivity index is 1.80. The fraction of sp³-hybridized carbons (Fsp3) is 0.278. The lowest BCUT2D eigenvalue weighted by Gasteiger charge is -2.37. The number of nitrogens with zero attached hydrogens (tertiary/aromatic N) is 3. The van der Waals surface area contributed by atoms with Crippen LogP contribution in [-0.2, 0) is 6.18 Å². The van der Waals surface area contributed by atoms with Gasteiger partial charge < -0.3 is 9.80 Å². The van der Waals surface area contributed by atoms with Crippen molar-refractivity contribution in [3.63, 3.8) is 0 Å². The number of nitro benzene ring substituents is 1. The number of piperazine rings is 1. The van der Waals surface area contributed by atoms with E-state index in [4.69, 9.17) is 11.6 Å². The molecular weight excluding hydrogens is 437 g/mol. The molecule has 1 fully saturated rings.